The van der Waals surface area contributed by atoms with Gasteiger partial charge in [-0.25, -0.2) is 4.79 Å². The summed E-state index contributed by atoms with van der Waals surface area (Å²) in [5.74, 6) is 0.849. The molecule has 0 bridgehead atoms. The average molecular weight is 373 g/mol. The topological polar surface area (TPSA) is 75.9 Å². The number of benzene rings is 1. The number of piperidine rings is 1. The van der Waals surface area contributed by atoms with Gasteiger partial charge in [-0.15, -0.1) is 0 Å². The van der Waals surface area contributed by atoms with Crippen LogP contribution in [0.1, 0.15) is 51.5 Å². The summed E-state index contributed by atoms with van der Waals surface area (Å²) in [6, 6.07) is 8.30. The normalized spacial score (nSPS) is 21.6. The van der Waals surface area contributed by atoms with Crippen molar-refractivity contribution in [1.82, 2.24) is 4.90 Å². The Bertz CT molecular complexity index is 673. The van der Waals surface area contributed by atoms with Crippen LogP contribution in [0.15, 0.2) is 24.3 Å². The Morgan fingerprint density at radius 1 is 1.19 bits per heavy atom. The van der Waals surface area contributed by atoms with Crippen molar-refractivity contribution in [2.24, 2.45) is 11.7 Å². The lowest BCUT2D eigenvalue weighted by Crippen LogP contribution is -2.41. The highest BCUT2D eigenvalue weighted by Crippen LogP contribution is 2.31. The zero-order valence-electron chi connectivity index (χ0n) is 16.6. The van der Waals surface area contributed by atoms with Crippen molar-refractivity contribution in [2.75, 3.05) is 31.1 Å². The molecule has 0 aromatic heterocycles. The number of amides is 2. The minimum Gasteiger partial charge on any atom is -0.444 e. The number of nitrogens with two attached hydrogens (primary N) is 1. The minimum atomic E-state index is -0.459. The molecule has 1 atom stereocenters. The highest BCUT2D eigenvalue weighted by molar-refractivity contribution is 5.95. The van der Waals surface area contributed by atoms with Crippen LogP contribution < -0.4 is 10.6 Å². The number of carbonyl (C=O) groups is 2. The van der Waals surface area contributed by atoms with Gasteiger partial charge in [-0.1, -0.05) is 12.1 Å². The van der Waals surface area contributed by atoms with E-state index in [4.69, 9.17) is 10.5 Å². The predicted octanol–water partition coefficient (Wildman–Crippen LogP) is 3.11. The second-order valence-corrected chi connectivity index (χ2v) is 8.64. The molecule has 6 nitrogen and oxygen atoms in total. The van der Waals surface area contributed by atoms with E-state index in [-0.39, 0.29) is 17.9 Å². The third-order valence-electron chi connectivity index (χ3n) is 5.36. The molecule has 1 unspecified atom stereocenters. The van der Waals surface area contributed by atoms with Crippen LogP contribution in [-0.4, -0.2) is 48.7 Å². The van der Waals surface area contributed by atoms with Gasteiger partial charge in [0.05, 0.1) is 0 Å². The summed E-state index contributed by atoms with van der Waals surface area (Å²) in [4.78, 5) is 28.0. The summed E-state index contributed by atoms with van der Waals surface area (Å²) in [5, 5.41) is 0. The van der Waals surface area contributed by atoms with Crippen LogP contribution in [0.5, 0.6) is 0 Å². The van der Waals surface area contributed by atoms with Crippen molar-refractivity contribution in [2.45, 2.75) is 51.6 Å². The first-order valence-electron chi connectivity index (χ1n) is 9.85. The molecule has 2 fully saturated rings. The van der Waals surface area contributed by atoms with Gasteiger partial charge in [-0.2, -0.15) is 0 Å². The van der Waals surface area contributed by atoms with Crippen LogP contribution in [0, 0.1) is 5.92 Å². The molecule has 2 aliphatic heterocycles. The minimum absolute atomic E-state index is 0.156. The molecule has 27 heavy (non-hydrogen) atoms. The van der Waals surface area contributed by atoms with E-state index in [1.165, 1.54) is 5.56 Å². The van der Waals surface area contributed by atoms with Crippen molar-refractivity contribution >= 4 is 17.7 Å². The maximum Gasteiger partial charge on any atom is 0.410 e. The zero-order chi connectivity index (χ0) is 19.6. The highest BCUT2D eigenvalue weighted by Gasteiger charge is 2.30. The van der Waals surface area contributed by atoms with Gasteiger partial charge >= 0.3 is 6.09 Å². The Morgan fingerprint density at radius 2 is 1.81 bits per heavy atom. The lowest BCUT2D eigenvalue weighted by atomic mass is 9.89. The van der Waals surface area contributed by atoms with E-state index in [9.17, 15) is 9.59 Å². The zero-order valence-corrected chi connectivity index (χ0v) is 16.6. The molecular weight excluding hydrogens is 342 g/mol. The van der Waals surface area contributed by atoms with Gasteiger partial charge in [0, 0.05) is 31.7 Å². The van der Waals surface area contributed by atoms with Gasteiger partial charge in [0.2, 0.25) is 5.91 Å². The van der Waals surface area contributed by atoms with Crippen LogP contribution in [0.25, 0.3) is 0 Å². The number of hydrogen-bond acceptors (Lipinski definition) is 4. The Hall–Kier alpha value is -2.08. The molecule has 2 saturated heterocycles. The summed E-state index contributed by atoms with van der Waals surface area (Å²) in [5.41, 5.74) is 7.47. The first kappa shape index (κ1) is 19.7. The van der Waals surface area contributed by atoms with E-state index >= 15 is 0 Å². The summed E-state index contributed by atoms with van der Waals surface area (Å²) < 4.78 is 5.46. The van der Waals surface area contributed by atoms with Gasteiger partial charge in [0.15, 0.2) is 0 Å². The molecular formula is C21H31N3O3. The van der Waals surface area contributed by atoms with E-state index in [2.05, 4.69) is 12.1 Å². The SMILES string of the molecule is CC(C)(C)OC(=O)N1CCC(c2ccc(N3CC(CN)CC3=O)cc2)CC1. The molecule has 6 heteroatoms. The van der Waals surface area contributed by atoms with E-state index in [0.717, 1.165) is 18.5 Å². The Morgan fingerprint density at radius 3 is 2.33 bits per heavy atom. The molecule has 148 valence electrons. The molecule has 2 aliphatic rings. The molecule has 0 radical (unpaired) electrons. The van der Waals surface area contributed by atoms with Crippen molar-refractivity contribution in [3.8, 4) is 0 Å². The van der Waals surface area contributed by atoms with Crippen LogP contribution in [0.4, 0.5) is 10.5 Å². The Balaban J connectivity index is 1.56. The van der Waals surface area contributed by atoms with Crippen molar-refractivity contribution in [3.05, 3.63) is 29.8 Å². The monoisotopic (exact) mass is 373 g/mol. The number of carbonyl (C=O) groups excluding carboxylic acids is 2. The van der Waals surface area contributed by atoms with E-state index in [1.807, 2.05) is 37.8 Å². The molecule has 2 heterocycles. The molecule has 2 amide bonds. The van der Waals surface area contributed by atoms with E-state index in [1.54, 1.807) is 4.90 Å². The van der Waals surface area contributed by atoms with E-state index < -0.39 is 5.60 Å². The molecule has 1 aromatic rings. The van der Waals surface area contributed by atoms with Gasteiger partial charge in [-0.05, 0) is 69.7 Å². The summed E-state index contributed by atoms with van der Waals surface area (Å²) in [6.07, 6.45) is 2.17. The quantitative estimate of drug-likeness (QED) is 0.883. The molecule has 1 aromatic carbocycles. The number of nitrogens with zero attached hydrogens (tertiary/aromatic N) is 2. The maximum atomic E-state index is 12.2. The Labute approximate surface area is 161 Å². The lowest BCUT2D eigenvalue weighted by molar-refractivity contribution is -0.117. The number of anilines is 1. The number of rotatable bonds is 3. The van der Waals surface area contributed by atoms with Gasteiger partial charge in [-0.3, -0.25) is 4.79 Å². The van der Waals surface area contributed by atoms with Gasteiger partial charge in [0.25, 0.3) is 0 Å². The standard InChI is InChI=1S/C21H31N3O3/c1-21(2,3)27-20(26)23-10-8-17(9-11-23)16-4-6-18(7-5-16)24-14-15(13-22)12-19(24)25/h4-7,15,17H,8-14,22H2,1-3H3. The number of ether oxygens (including phenoxy) is 1. The first-order valence-corrected chi connectivity index (χ1v) is 9.85. The fraction of sp³-hybridized carbons (Fsp3) is 0.619. The highest BCUT2D eigenvalue weighted by atomic mass is 16.6. The predicted molar refractivity (Wildman–Crippen MR) is 106 cm³/mol. The van der Waals surface area contributed by atoms with Crippen LogP contribution in [0.2, 0.25) is 0 Å². The molecule has 0 spiro atoms. The maximum absolute atomic E-state index is 12.2. The van der Waals surface area contributed by atoms with Crippen LogP contribution >= 0.6 is 0 Å². The summed E-state index contributed by atoms with van der Waals surface area (Å²) in [6.45, 7) is 8.36. The van der Waals surface area contributed by atoms with Gasteiger partial charge in [0.1, 0.15) is 5.60 Å². The first-order chi connectivity index (χ1) is 12.8. The molecule has 0 aliphatic carbocycles. The number of likely N-dealkylation sites (tertiary alicyclic amines) is 1. The fourth-order valence-corrected chi connectivity index (χ4v) is 3.84. The lowest BCUT2D eigenvalue weighted by Gasteiger charge is -2.33. The van der Waals surface area contributed by atoms with E-state index in [0.29, 0.717) is 38.5 Å². The van der Waals surface area contributed by atoms with Crippen molar-refractivity contribution in [1.29, 1.82) is 0 Å². The largest absolute Gasteiger partial charge is 0.444 e. The van der Waals surface area contributed by atoms with Crippen LogP contribution in [-0.2, 0) is 9.53 Å². The summed E-state index contributed by atoms with van der Waals surface area (Å²) in [7, 11) is 0. The van der Waals surface area contributed by atoms with Crippen molar-refractivity contribution in [3.63, 3.8) is 0 Å². The third-order valence-corrected chi connectivity index (χ3v) is 5.36. The second-order valence-electron chi connectivity index (χ2n) is 8.64. The van der Waals surface area contributed by atoms with Crippen molar-refractivity contribution < 1.29 is 14.3 Å². The fourth-order valence-electron chi connectivity index (χ4n) is 3.84. The summed E-state index contributed by atoms with van der Waals surface area (Å²) >= 11 is 0. The Kier molecular flexibility index (Phi) is 5.75. The third kappa shape index (κ3) is 4.80. The molecule has 2 N–H and O–H groups in total. The average Bonchev–Trinajstić information content (AvgIpc) is 3.01. The van der Waals surface area contributed by atoms with Gasteiger partial charge < -0.3 is 20.3 Å². The smallest absolute Gasteiger partial charge is 0.410 e. The molecule has 3 rings (SSSR count). The second kappa shape index (κ2) is 7.89. The number of hydrogen-bond donors (Lipinski definition) is 1. The molecule has 0 saturated carbocycles. The van der Waals surface area contributed by atoms with Crippen LogP contribution in [0.3, 0.4) is 0 Å².